The number of nitrogens with zero attached hydrogens (tertiary/aromatic N) is 2. The molecular formula is C23H30N2O5S2. The topological polar surface area (TPSA) is 114 Å². The van der Waals surface area contributed by atoms with E-state index in [9.17, 15) is 22.4 Å². The van der Waals surface area contributed by atoms with Crippen LogP contribution in [-0.4, -0.2) is 37.9 Å². The monoisotopic (exact) mass is 478 g/mol. The van der Waals surface area contributed by atoms with Crippen LogP contribution < -0.4 is 4.74 Å². The van der Waals surface area contributed by atoms with Gasteiger partial charge in [0.25, 0.3) is 19.7 Å². The maximum atomic E-state index is 13.1. The van der Waals surface area contributed by atoms with Gasteiger partial charge in [-0.15, -0.1) is 4.79 Å². The summed E-state index contributed by atoms with van der Waals surface area (Å²) < 4.78 is 56.7. The molecule has 2 aromatic carbocycles. The molecule has 3 rings (SSSR count). The van der Waals surface area contributed by atoms with Crippen LogP contribution in [0.3, 0.4) is 0 Å². The largest absolute Gasteiger partial charge is 0.499 e. The third kappa shape index (κ3) is 5.39. The van der Waals surface area contributed by atoms with Crippen LogP contribution in [0.25, 0.3) is 16.3 Å². The highest BCUT2D eigenvalue weighted by molar-refractivity contribution is 8.31. The SMILES string of the molecule is CCCCCCOc1ccc2cc(S(=O)(=O)C(=[N+]=[N-])S(=O)(=O)C3CCCCC3)ccc2c1. The molecule has 0 radical (unpaired) electrons. The summed E-state index contributed by atoms with van der Waals surface area (Å²) in [5.74, 6) is 0.696. The first-order valence-electron chi connectivity index (χ1n) is 11.2. The van der Waals surface area contributed by atoms with Crippen LogP contribution in [0.15, 0.2) is 41.3 Å². The fourth-order valence-corrected chi connectivity index (χ4v) is 8.17. The number of benzene rings is 2. The first-order valence-corrected chi connectivity index (χ1v) is 14.2. The van der Waals surface area contributed by atoms with E-state index in [-0.39, 0.29) is 4.90 Å². The van der Waals surface area contributed by atoms with Gasteiger partial charge in [0.2, 0.25) is 0 Å². The van der Waals surface area contributed by atoms with E-state index in [1.165, 1.54) is 18.6 Å². The van der Waals surface area contributed by atoms with Crippen LogP contribution in [0.2, 0.25) is 0 Å². The van der Waals surface area contributed by atoms with Crippen molar-refractivity contribution in [2.45, 2.75) is 74.9 Å². The Morgan fingerprint density at radius 3 is 2.34 bits per heavy atom. The highest BCUT2D eigenvalue weighted by atomic mass is 32.3. The summed E-state index contributed by atoms with van der Waals surface area (Å²) in [6.07, 6.45) is 7.50. The fourth-order valence-electron chi connectivity index (χ4n) is 4.06. The molecule has 32 heavy (non-hydrogen) atoms. The molecule has 0 aliphatic heterocycles. The van der Waals surface area contributed by atoms with Crippen molar-refractivity contribution >= 4 is 34.8 Å². The molecule has 0 amide bonds. The maximum Gasteiger partial charge on any atom is 0.499 e. The molecule has 0 atom stereocenters. The zero-order valence-corrected chi connectivity index (χ0v) is 20.0. The van der Waals surface area contributed by atoms with Gasteiger partial charge in [-0.3, -0.25) is 0 Å². The van der Waals surface area contributed by atoms with Crippen molar-refractivity contribution in [2.75, 3.05) is 6.61 Å². The van der Waals surface area contributed by atoms with E-state index >= 15 is 0 Å². The van der Waals surface area contributed by atoms with Crippen LogP contribution in [0.4, 0.5) is 0 Å². The average molecular weight is 479 g/mol. The first kappa shape index (κ1) is 24.4. The van der Waals surface area contributed by atoms with Gasteiger partial charge in [0.1, 0.15) is 5.75 Å². The predicted octanol–water partition coefficient (Wildman–Crippen LogP) is 4.91. The lowest BCUT2D eigenvalue weighted by molar-refractivity contribution is 0.00370. The molecular weight excluding hydrogens is 448 g/mol. The van der Waals surface area contributed by atoms with Gasteiger partial charge in [-0.25, -0.2) is 16.8 Å². The van der Waals surface area contributed by atoms with Crippen molar-refractivity contribution in [3.63, 3.8) is 0 Å². The van der Waals surface area contributed by atoms with Crippen molar-refractivity contribution in [1.29, 1.82) is 0 Å². The van der Waals surface area contributed by atoms with Crippen molar-refractivity contribution < 1.29 is 26.4 Å². The molecule has 174 valence electrons. The molecule has 1 fully saturated rings. The third-order valence-corrected chi connectivity index (χ3v) is 10.6. The molecule has 0 heterocycles. The molecule has 0 unspecified atom stereocenters. The predicted molar refractivity (Wildman–Crippen MR) is 125 cm³/mol. The van der Waals surface area contributed by atoms with E-state index in [2.05, 4.69) is 11.7 Å². The minimum Gasteiger partial charge on any atom is -0.494 e. The normalized spacial score (nSPS) is 15.4. The molecule has 0 spiro atoms. The molecule has 0 saturated heterocycles. The number of fused-ring (bicyclic) bond motifs is 1. The van der Waals surface area contributed by atoms with Crippen molar-refractivity contribution in [2.24, 2.45) is 0 Å². The summed E-state index contributed by atoms with van der Waals surface area (Å²) in [5, 5.41) is 0.554. The van der Waals surface area contributed by atoms with Crippen LogP contribution in [-0.2, 0) is 19.7 Å². The second-order valence-electron chi connectivity index (χ2n) is 8.25. The fraction of sp³-hybridized carbons (Fsp3) is 0.522. The number of rotatable bonds is 8. The molecule has 0 aromatic heterocycles. The Kier molecular flexibility index (Phi) is 8.09. The van der Waals surface area contributed by atoms with Crippen molar-refractivity contribution in [3.8, 4) is 5.75 Å². The smallest absolute Gasteiger partial charge is 0.494 e. The Morgan fingerprint density at radius 1 is 0.969 bits per heavy atom. The minimum atomic E-state index is -4.50. The van der Waals surface area contributed by atoms with E-state index in [0.29, 0.717) is 43.4 Å². The molecule has 2 aromatic rings. The quantitative estimate of drug-likeness (QED) is 0.176. The van der Waals surface area contributed by atoms with E-state index in [0.717, 1.165) is 31.1 Å². The Balaban J connectivity index is 1.84. The number of hydrogen-bond donors (Lipinski definition) is 0. The summed E-state index contributed by atoms with van der Waals surface area (Å²) in [4.78, 5) is 2.54. The Hall–Kier alpha value is -2.22. The summed E-state index contributed by atoms with van der Waals surface area (Å²) >= 11 is 0. The van der Waals surface area contributed by atoms with Crippen LogP contribution in [0.5, 0.6) is 5.75 Å². The molecule has 7 nitrogen and oxygen atoms in total. The molecule has 1 aliphatic carbocycles. The van der Waals surface area contributed by atoms with Crippen molar-refractivity contribution in [3.05, 3.63) is 41.9 Å². The molecule has 1 saturated carbocycles. The van der Waals surface area contributed by atoms with Gasteiger partial charge >= 0.3 is 4.38 Å². The molecule has 1 aliphatic rings. The highest BCUT2D eigenvalue weighted by Crippen LogP contribution is 2.29. The lowest BCUT2D eigenvalue weighted by Gasteiger charge is -2.19. The standard InChI is InChI=1S/C23H30N2O5S2/c1-2-3-4-8-15-30-20-13-11-19-17-22(14-12-18(19)16-20)32(28,29)23(25-24)31(26,27)21-9-6-5-7-10-21/h11-14,16-17,21H,2-10,15H2,1H3. The second kappa shape index (κ2) is 10.6. The molecule has 0 bridgehead atoms. The van der Waals surface area contributed by atoms with Crippen molar-refractivity contribution in [1.82, 2.24) is 0 Å². The first-order chi connectivity index (χ1) is 15.3. The lowest BCUT2D eigenvalue weighted by atomic mass is 10.0. The Morgan fingerprint density at radius 2 is 1.66 bits per heavy atom. The summed E-state index contributed by atoms with van der Waals surface area (Å²) in [6.45, 7) is 2.77. The zero-order valence-electron chi connectivity index (χ0n) is 18.4. The molecule has 0 N–H and O–H groups in total. The average Bonchev–Trinajstić information content (AvgIpc) is 2.79. The van der Waals surface area contributed by atoms with Gasteiger partial charge < -0.3 is 10.3 Å². The van der Waals surface area contributed by atoms with E-state index in [4.69, 9.17) is 4.74 Å². The summed E-state index contributed by atoms with van der Waals surface area (Å²) in [5.41, 5.74) is 9.39. The highest BCUT2D eigenvalue weighted by Gasteiger charge is 2.47. The number of unbranched alkanes of at least 4 members (excludes halogenated alkanes) is 3. The zero-order chi connectivity index (χ0) is 23.2. The minimum absolute atomic E-state index is 0.217. The van der Waals surface area contributed by atoms with E-state index < -0.39 is 29.3 Å². The Labute approximate surface area is 190 Å². The number of ether oxygens (including phenoxy) is 1. The number of hydrogen-bond acceptors (Lipinski definition) is 5. The van der Waals surface area contributed by atoms with E-state index in [1.807, 2.05) is 6.07 Å². The van der Waals surface area contributed by atoms with Crippen LogP contribution in [0, 0.1) is 0 Å². The second-order valence-corrected chi connectivity index (χ2v) is 12.5. The van der Waals surface area contributed by atoms with Crippen LogP contribution in [0.1, 0.15) is 64.7 Å². The van der Waals surface area contributed by atoms with E-state index in [1.54, 1.807) is 18.2 Å². The maximum absolute atomic E-state index is 13.1. The molecule has 9 heteroatoms. The Bertz CT molecular complexity index is 1210. The van der Waals surface area contributed by atoms with Gasteiger partial charge in [-0.2, -0.15) is 0 Å². The van der Waals surface area contributed by atoms with Gasteiger partial charge in [0, 0.05) is 0 Å². The summed E-state index contributed by atoms with van der Waals surface area (Å²) in [7, 11) is -8.77. The lowest BCUT2D eigenvalue weighted by Crippen LogP contribution is -2.35. The van der Waals surface area contributed by atoms with Gasteiger partial charge in [0.05, 0.1) is 16.8 Å². The van der Waals surface area contributed by atoms with Gasteiger partial charge in [-0.05, 0) is 54.3 Å². The summed E-state index contributed by atoms with van der Waals surface area (Å²) in [6, 6.07) is 9.67. The van der Waals surface area contributed by atoms with Crippen LogP contribution >= 0.6 is 0 Å². The third-order valence-electron chi connectivity index (χ3n) is 5.91. The van der Waals surface area contributed by atoms with Gasteiger partial charge in [-0.1, -0.05) is 57.6 Å². The number of sulfone groups is 2. The van der Waals surface area contributed by atoms with Gasteiger partial charge in [0.15, 0.2) is 0 Å².